The van der Waals surface area contributed by atoms with E-state index in [0.29, 0.717) is 12.2 Å². The first kappa shape index (κ1) is 24.5. The number of hydrogen-bond acceptors (Lipinski definition) is 2. The van der Waals surface area contributed by atoms with Crippen molar-refractivity contribution in [2.24, 2.45) is 5.41 Å². The Hall–Kier alpha value is -0.500. The molecule has 0 saturated heterocycles. The summed E-state index contributed by atoms with van der Waals surface area (Å²) in [5.41, 5.74) is 2.78. The van der Waals surface area contributed by atoms with Gasteiger partial charge in [-0.25, -0.2) is 0 Å². The van der Waals surface area contributed by atoms with Crippen LogP contribution in [0.25, 0.3) is 0 Å². The topological polar surface area (TPSA) is 17.1 Å². The molecule has 0 bridgehead atoms. The number of carbonyl (C=O) groups excluding carboxylic acids is 1. The van der Waals surface area contributed by atoms with Crippen LogP contribution >= 0.6 is 11.8 Å². The Balaban J connectivity index is 2.12. The molecule has 1 aliphatic rings. The second kappa shape index (κ2) is 13.6. The predicted molar refractivity (Wildman–Crippen MR) is 124 cm³/mol. The highest BCUT2D eigenvalue weighted by atomic mass is 32.2. The Labute approximate surface area is 173 Å². The van der Waals surface area contributed by atoms with Crippen molar-refractivity contribution >= 4 is 17.5 Å². The summed E-state index contributed by atoms with van der Waals surface area (Å²) >= 11 is 1.86. The van der Waals surface area contributed by atoms with Gasteiger partial charge in [0.2, 0.25) is 0 Å². The fourth-order valence-corrected chi connectivity index (χ4v) is 4.92. The summed E-state index contributed by atoms with van der Waals surface area (Å²) < 4.78 is 0. The maximum absolute atomic E-state index is 12.7. The van der Waals surface area contributed by atoms with Crippen LogP contribution < -0.4 is 0 Å². The van der Waals surface area contributed by atoms with Crippen molar-refractivity contribution in [3.63, 3.8) is 0 Å². The van der Waals surface area contributed by atoms with Gasteiger partial charge >= 0.3 is 0 Å². The summed E-state index contributed by atoms with van der Waals surface area (Å²) in [6, 6.07) is 0. The zero-order valence-electron chi connectivity index (χ0n) is 18.7. The molecule has 0 N–H and O–H groups in total. The van der Waals surface area contributed by atoms with E-state index in [-0.39, 0.29) is 10.7 Å². The number of unbranched alkanes of at least 4 members (excludes halogenated alkanes) is 9. The summed E-state index contributed by atoms with van der Waals surface area (Å²) in [6.45, 7) is 11.1. The lowest BCUT2D eigenvalue weighted by molar-refractivity contribution is -0.117. The molecule has 0 saturated carbocycles. The summed E-state index contributed by atoms with van der Waals surface area (Å²) in [6.07, 6.45) is 19.9. The van der Waals surface area contributed by atoms with Crippen LogP contribution in [0.3, 0.4) is 0 Å². The highest BCUT2D eigenvalue weighted by Crippen LogP contribution is 2.39. The largest absolute Gasteiger partial charge is 0.298 e. The third kappa shape index (κ3) is 10.0. The molecule has 0 aromatic heterocycles. The summed E-state index contributed by atoms with van der Waals surface area (Å²) in [7, 11) is 0. The quantitative estimate of drug-likeness (QED) is 0.261. The lowest BCUT2D eigenvalue weighted by Gasteiger charge is -2.31. The van der Waals surface area contributed by atoms with E-state index in [1.807, 2.05) is 11.8 Å². The Bertz CT molecular complexity index is 487. The van der Waals surface area contributed by atoms with Crippen molar-refractivity contribution < 1.29 is 4.79 Å². The Kier molecular flexibility index (Phi) is 12.4. The normalized spacial score (nSPS) is 17.4. The van der Waals surface area contributed by atoms with Gasteiger partial charge in [-0.1, -0.05) is 102 Å². The van der Waals surface area contributed by atoms with Gasteiger partial charge in [-0.05, 0) is 37.9 Å². The predicted octanol–water partition coefficient (Wildman–Crippen LogP) is 8.29. The van der Waals surface area contributed by atoms with Crippen molar-refractivity contribution in [1.29, 1.82) is 0 Å². The van der Waals surface area contributed by atoms with E-state index in [0.717, 1.165) is 12.2 Å². The maximum atomic E-state index is 12.7. The minimum absolute atomic E-state index is 0.130. The average Bonchev–Trinajstić information content (AvgIpc) is 2.62. The zero-order valence-corrected chi connectivity index (χ0v) is 19.6. The summed E-state index contributed by atoms with van der Waals surface area (Å²) in [4.78, 5) is 12.7. The molecule has 0 aromatic carbocycles. The van der Waals surface area contributed by atoms with Crippen LogP contribution in [-0.2, 0) is 4.79 Å². The number of ketones is 1. The fourth-order valence-electron chi connectivity index (χ4n) is 3.93. The smallest absolute Gasteiger partial charge is 0.149 e. The van der Waals surface area contributed by atoms with Gasteiger partial charge < -0.3 is 0 Å². The highest BCUT2D eigenvalue weighted by molar-refractivity contribution is 8.00. The molecule has 0 spiro atoms. The van der Waals surface area contributed by atoms with Crippen molar-refractivity contribution in [2.75, 3.05) is 5.75 Å². The lowest BCUT2D eigenvalue weighted by Crippen LogP contribution is -2.23. The van der Waals surface area contributed by atoms with E-state index in [9.17, 15) is 4.79 Å². The van der Waals surface area contributed by atoms with E-state index in [1.54, 1.807) is 0 Å². The molecule has 1 atom stereocenters. The first-order valence-electron chi connectivity index (χ1n) is 11.4. The van der Waals surface area contributed by atoms with Crippen LogP contribution in [-0.4, -0.2) is 16.8 Å². The van der Waals surface area contributed by atoms with Gasteiger partial charge in [0.1, 0.15) is 5.78 Å². The lowest BCUT2D eigenvalue weighted by atomic mass is 9.73. The summed E-state index contributed by atoms with van der Waals surface area (Å²) in [5, 5.41) is 0.130. The third-order valence-corrected chi connectivity index (χ3v) is 7.25. The number of carbonyl (C=O) groups is 1. The first-order valence-corrected chi connectivity index (χ1v) is 12.4. The number of thioether (sulfide) groups is 1. The Morgan fingerprint density at radius 2 is 1.59 bits per heavy atom. The highest BCUT2D eigenvalue weighted by Gasteiger charge is 2.28. The molecule has 0 heterocycles. The number of allylic oxidation sites excluding steroid dienone is 4. The average molecular weight is 393 g/mol. The third-order valence-electron chi connectivity index (χ3n) is 5.96. The second-order valence-electron chi connectivity index (χ2n) is 8.99. The van der Waals surface area contributed by atoms with E-state index in [1.165, 1.54) is 75.4 Å². The van der Waals surface area contributed by atoms with Gasteiger partial charge in [0.05, 0.1) is 5.25 Å². The minimum atomic E-state index is 0.130. The molecule has 0 aromatic rings. The van der Waals surface area contributed by atoms with Crippen molar-refractivity contribution in [2.45, 2.75) is 117 Å². The molecule has 1 aliphatic carbocycles. The standard InChI is InChI=1S/C25H44OS/c1-6-7-8-9-10-11-12-13-14-15-19-27-22(3)24(26)20-23-21(2)17-16-18-25(23,4)5/h16-17,22H,6-15,18-20H2,1-5H3. The molecular formula is C25H44OS. The van der Waals surface area contributed by atoms with Crippen LogP contribution in [0.4, 0.5) is 0 Å². The number of hydrogen-bond donors (Lipinski definition) is 0. The molecular weight excluding hydrogens is 348 g/mol. The van der Waals surface area contributed by atoms with Gasteiger partial charge in [0.25, 0.3) is 0 Å². The first-order chi connectivity index (χ1) is 12.9. The Morgan fingerprint density at radius 3 is 2.15 bits per heavy atom. The molecule has 0 fully saturated rings. The van der Waals surface area contributed by atoms with Crippen LogP contribution in [0.5, 0.6) is 0 Å². The monoisotopic (exact) mass is 392 g/mol. The molecule has 156 valence electrons. The maximum Gasteiger partial charge on any atom is 0.149 e. The van der Waals surface area contributed by atoms with Crippen molar-refractivity contribution in [3.05, 3.63) is 23.3 Å². The molecule has 1 unspecified atom stereocenters. The second-order valence-corrected chi connectivity index (χ2v) is 10.4. The number of Topliss-reactive ketones (excluding diaryl/α,β-unsaturated/α-hetero) is 1. The summed E-state index contributed by atoms with van der Waals surface area (Å²) in [5.74, 6) is 1.54. The molecule has 2 heteroatoms. The van der Waals surface area contributed by atoms with Crippen molar-refractivity contribution in [3.8, 4) is 0 Å². The van der Waals surface area contributed by atoms with Gasteiger partial charge in [-0.2, -0.15) is 11.8 Å². The SMILES string of the molecule is CCCCCCCCCCCCSC(C)C(=O)CC1=C(C)C=CCC1(C)C. The van der Waals surface area contributed by atoms with E-state index in [2.05, 4.69) is 46.8 Å². The molecule has 0 radical (unpaired) electrons. The molecule has 0 aliphatic heterocycles. The van der Waals surface area contributed by atoms with Crippen molar-refractivity contribution in [1.82, 2.24) is 0 Å². The van der Waals surface area contributed by atoms with Crippen LogP contribution in [0.2, 0.25) is 0 Å². The van der Waals surface area contributed by atoms with Crippen LogP contribution in [0.1, 0.15) is 112 Å². The minimum Gasteiger partial charge on any atom is -0.298 e. The number of rotatable bonds is 15. The van der Waals surface area contributed by atoms with E-state index >= 15 is 0 Å². The fraction of sp³-hybridized carbons (Fsp3) is 0.800. The molecule has 1 rings (SSSR count). The van der Waals surface area contributed by atoms with E-state index < -0.39 is 0 Å². The van der Waals surface area contributed by atoms with Crippen LogP contribution in [0.15, 0.2) is 23.3 Å². The zero-order chi connectivity index (χ0) is 20.1. The van der Waals surface area contributed by atoms with E-state index in [4.69, 9.17) is 0 Å². The van der Waals surface area contributed by atoms with Gasteiger partial charge in [-0.15, -0.1) is 0 Å². The molecule has 27 heavy (non-hydrogen) atoms. The van der Waals surface area contributed by atoms with Gasteiger partial charge in [0, 0.05) is 6.42 Å². The molecule has 1 nitrogen and oxygen atoms in total. The Morgan fingerprint density at radius 1 is 1.04 bits per heavy atom. The van der Waals surface area contributed by atoms with Crippen LogP contribution in [0, 0.1) is 5.41 Å². The molecule has 0 amide bonds. The van der Waals surface area contributed by atoms with Gasteiger partial charge in [0.15, 0.2) is 0 Å². The van der Waals surface area contributed by atoms with Gasteiger partial charge in [-0.3, -0.25) is 4.79 Å².